The number of carbonyl (C=O) groups is 1. The summed E-state index contributed by atoms with van der Waals surface area (Å²) in [6, 6.07) is 12.3. The van der Waals surface area contributed by atoms with E-state index in [2.05, 4.69) is 26.3 Å². The van der Waals surface area contributed by atoms with Crippen molar-refractivity contribution in [2.45, 2.75) is 25.8 Å². The summed E-state index contributed by atoms with van der Waals surface area (Å²) in [6.45, 7) is 7.00. The zero-order valence-corrected chi connectivity index (χ0v) is 21.7. The molecule has 11 heteroatoms. The lowest BCUT2D eigenvalue weighted by molar-refractivity contribution is 0.0115. The van der Waals surface area contributed by atoms with Crippen molar-refractivity contribution in [3.8, 4) is 17.5 Å². The zero-order chi connectivity index (χ0) is 26.6. The van der Waals surface area contributed by atoms with E-state index >= 15 is 0 Å². The quantitative estimate of drug-likeness (QED) is 0.500. The van der Waals surface area contributed by atoms with Gasteiger partial charge in [0.15, 0.2) is 5.75 Å². The molecule has 0 atom stereocenters. The summed E-state index contributed by atoms with van der Waals surface area (Å²) in [6.07, 6.45) is 2.76. The Bertz CT molecular complexity index is 1360. The Balaban J connectivity index is 1.21. The van der Waals surface area contributed by atoms with Crippen molar-refractivity contribution in [1.82, 2.24) is 14.7 Å². The van der Waals surface area contributed by atoms with Gasteiger partial charge in [-0.2, -0.15) is 10.4 Å². The number of hydrogen-bond acceptors (Lipinski definition) is 7. The molecule has 1 aromatic heterocycles. The summed E-state index contributed by atoms with van der Waals surface area (Å²) in [7, 11) is 0. The Morgan fingerprint density at radius 3 is 2.66 bits per heavy atom. The number of rotatable bonds is 5. The molecule has 2 fully saturated rings. The van der Waals surface area contributed by atoms with Crippen LogP contribution in [0.1, 0.15) is 24.1 Å². The number of aromatic nitrogens is 2. The average molecular weight is 539 g/mol. The molecule has 1 N–H and O–H groups in total. The molecule has 3 aromatic rings. The average Bonchev–Trinajstić information content (AvgIpc) is 3.30. The molecule has 2 aliphatic rings. The van der Waals surface area contributed by atoms with Crippen LogP contribution in [0.5, 0.6) is 5.75 Å². The fraction of sp³-hybridized carbons (Fsp3) is 0.370. The van der Waals surface area contributed by atoms with Crippen molar-refractivity contribution in [1.29, 1.82) is 5.26 Å². The summed E-state index contributed by atoms with van der Waals surface area (Å²) in [5.74, 6) is -0.292. The van der Waals surface area contributed by atoms with Crippen molar-refractivity contribution >= 4 is 29.1 Å². The van der Waals surface area contributed by atoms with Crippen LogP contribution in [0.4, 0.5) is 20.6 Å². The molecule has 198 valence electrons. The second kappa shape index (κ2) is 11.4. The number of nitriles is 1. The minimum Gasteiger partial charge on any atom is -0.406 e. The molecular formula is C27H28ClFN6O3. The predicted octanol–water partition coefficient (Wildman–Crippen LogP) is 4.76. The van der Waals surface area contributed by atoms with E-state index in [0.717, 1.165) is 57.9 Å². The first kappa shape index (κ1) is 26.0. The monoisotopic (exact) mass is 538 g/mol. The van der Waals surface area contributed by atoms with Crippen molar-refractivity contribution in [3.05, 3.63) is 64.7 Å². The third-order valence-electron chi connectivity index (χ3n) is 7.05. The molecule has 1 amide bonds. The highest BCUT2D eigenvalue weighted by Gasteiger charge is 2.27. The van der Waals surface area contributed by atoms with Gasteiger partial charge >= 0.3 is 6.09 Å². The number of amides is 1. The van der Waals surface area contributed by atoms with Crippen molar-refractivity contribution < 1.29 is 18.7 Å². The van der Waals surface area contributed by atoms with Gasteiger partial charge in [-0.3, -0.25) is 10.2 Å². The summed E-state index contributed by atoms with van der Waals surface area (Å²) >= 11 is 5.88. The lowest BCUT2D eigenvalue weighted by Crippen LogP contribution is -2.49. The van der Waals surface area contributed by atoms with Crippen molar-refractivity contribution in [2.24, 2.45) is 0 Å². The molecule has 2 saturated heterocycles. The fourth-order valence-electron chi connectivity index (χ4n) is 5.01. The number of carbonyl (C=O) groups excluding carboxylic acids is 1. The second-order valence-corrected chi connectivity index (χ2v) is 9.74. The van der Waals surface area contributed by atoms with Crippen LogP contribution in [-0.4, -0.2) is 66.2 Å². The van der Waals surface area contributed by atoms with E-state index in [9.17, 15) is 14.4 Å². The number of nitrogens with one attached hydrogen (secondary N) is 1. The van der Waals surface area contributed by atoms with E-state index in [1.807, 2.05) is 6.07 Å². The van der Waals surface area contributed by atoms with Crippen LogP contribution in [-0.2, 0) is 4.74 Å². The third kappa shape index (κ3) is 5.60. The predicted molar refractivity (Wildman–Crippen MR) is 142 cm³/mol. The van der Waals surface area contributed by atoms with Crippen LogP contribution in [0.25, 0.3) is 5.69 Å². The molecule has 0 aliphatic carbocycles. The first-order chi connectivity index (χ1) is 18.4. The number of hydrogen-bond donors (Lipinski definition) is 1. The SMILES string of the molecule is Cc1c(OC(=O)Nc2ccc(N3CCC(N4CCOCC4)CC3)c(C#N)c2)cnn1-c1ccc(F)c(Cl)c1. The Morgan fingerprint density at radius 2 is 1.95 bits per heavy atom. The Morgan fingerprint density at radius 1 is 1.18 bits per heavy atom. The van der Waals surface area contributed by atoms with Gasteiger partial charge in [-0.05, 0) is 56.2 Å². The highest BCUT2D eigenvalue weighted by Crippen LogP contribution is 2.29. The molecule has 2 aliphatic heterocycles. The summed E-state index contributed by atoms with van der Waals surface area (Å²) in [5.41, 5.74) is 2.88. The van der Waals surface area contributed by atoms with E-state index in [-0.39, 0.29) is 10.8 Å². The molecule has 3 heterocycles. The van der Waals surface area contributed by atoms with E-state index < -0.39 is 11.9 Å². The Kier molecular flexibility index (Phi) is 7.79. The summed E-state index contributed by atoms with van der Waals surface area (Å²) < 4.78 is 25.9. The van der Waals surface area contributed by atoms with Crippen LogP contribution < -0.4 is 15.0 Å². The molecule has 0 unspecified atom stereocenters. The van der Waals surface area contributed by atoms with E-state index in [0.29, 0.717) is 28.7 Å². The lowest BCUT2D eigenvalue weighted by atomic mass is 10.0. The second-order valence-electron chi connectivity index (χ2n) is 9.33. The van der Waals surface area contributed by atoms with E-state index in [1.54, 1.807) is 19.1 Å². The van der Waals surface area contributed by atoms with E-state index in [4.69, 9.17) is 21.1 Å². The number of halogens is 2. The number of ether oxygens (including phenoxy) is 2. The summed E-state index contributed by atoms with van der Waals surface area (Å²) in [4.78, 5) is 17.3. The minimum atomic E-state index is -0.715. The first-order valence-corrected chi connectivity index (χ1v) is 12.9. The zero-order valence-electron chi connectivity index (χ0n) is 21.0. The maximum absolute atomic E-state index is 13.5. The number of piperidine rings is 1. The molecule has 0 radical (unpaired) electrons. The van der Waals surface area contributed by atoms with Gasteiger partial charge in [-0.25, -0.2) is 13.9 Å². The van der Waals surface area contributed by atoms with Crippen LogP contribution in [0.2, 0.25) is 5.02 Å². The lowest BCUT2D eigenvalue weighted by Gasteiger charge is -2.41. The Hall–Kier alpha value is -3.65. The molecule has 38 heavy (non-hydrogen) atoms. The van der Waals surface area contributed by atoms with Gasteiger partial charge in [0.1, 0.15) is 11.9 Å². The minimum absolute atomic E-state index is 0.0316. The molecule has 0 saturated carbocycles. The molecule has 0 spiro atoms. The Labute approximate surface area is 225 Å². The topological polar surface area (TPSA) is 95.7 Å². The highest BCUT2D eigenvalue weighted by atomic mass is 35.5. The van der Waals surface area contributed by atoms with Crippen LogP contribution >= 0.6 is 11.6 Å². The third-order valence-corrected chi connectivity index (χ3v) is 7.34. The maximum Gasteiger partial charge on any atom is 0.417 e. The number of morpholine rings is 1. The summed E-state index contributed by atoms with van der Waals surface area (Å²) in [5, 5.41) is 16.7. The van der Waals surface area contributed by atoms with Gasteiger partial charge in [0, 0.05) is 37.9 Å². The van der Waals surface area contributed by atoms with Gasteiger partial charge in [-0.1, -0.05) is 11.6 Å². The molecule has 9 nitrogen and oxygen atoms in total. The molecule has 5 rings (SSSR count). The van der Waals surface area contributed by atoms with Gasteiger partial charge in [0.2, 0.25) is 0 Å². The standard InChI is InChI=1S/C27H28ClFN6O3/c1-18-26(17-31-35(18)22-3-4-24(29)23(28)15-22)38-27(36)32-20-2-5-25(19(14-20)16-30)34-8-6-21(7-9-34)33-10-12-37-13-11-33/h2-5,14-15,17,21H,6-13H2,1H3,(H,32,36). The smallest absolute Gasteiger partial charge is 0.406 e. The number of benzene rings is 2. The van der Waals surface area contributed by atoms with Gasteiger partial charge in [-0.15, -0.1) is 0 Å². The van der Waals surface area contributed by atoms with Crippen LogP contribution in [0.15, 0.2) is 42.6 Å². The maximum atomic E-state index is 13.5. The number of anilines is 2. The van der Waals surface area contributed by atoms with Crippen molar-refractivity contribution in [2.75, 3.05) is 49.6 Å². The van der Waals surface area contributed by atoms with Crippen molar-refractivity contribution in [3.63, 3.8) is 0 Å². The van der Waals surface area contributed by atoms with E-state index in [1.165, 1.54) is 29.1 Å². The largest absolute Gasteiger partial charge is 0.417 e. The van der Waals surface area contributed by atoms with Gasteiger partial charge in [0.05, 0.1) is 47.1 Å². The molecule has 0 bridgehead atoms. The number of nitrogens with zero attached hydrogens (tertiary/aromatic N) is 5. The fourth-order valence-corrected chi connectivity index (χ4v) is 5.18. The first-order valence-electron chi connectivity index (χ1n) is 12.5. The highest BCUT2D eigenvalue weighted by molar-refractivity contribution is 6.30. The van der Waals surface area contributed by atoms with Gasteiger partial charge in [0.25, 0.3) is 0 Å². The van der Waals surface area contributed by atoms with Crippen LogP contribution in [0.3, 0.4) is 0 Å². The van der Waals surface area contributed by atoms with Gasteiger partial charge < -0.3 is 14.4 Å². The van der Waals surface area contributed by atoms with Crippen LogP contribution in [0, 0.1) is 24.1 Å². The molecular weight excluding hydrogens is 511 g/mol. The normalized spacial score (nSPS) is 16.7. The molecule has 2 aromatic carbocycles.